The zero-order valence-electron chi connectivity index (χ0n) is 15.5. The molecule has 5 heteroatoms. The van der Waals surface area contributed by atoms with Crippen LogP contribution in [0.25, 0.3) is 11.6 Å². The number of aromatic amines is 1. The largest absolute Gasteiger partial charge is 0.497 e. The van der Waals surface area contributed by atoms with Crippen molar-refractivity contribution in [1.82, 2.24) is 4.98 Å². The molecule has 2 aliphatic rings. The normalized spacial score (nSPS) is 17.0. The first-order valence-electron chi connectivity index (χ1n) is 9.18. The molecule has 136 valence electrons. The van der Waals surface area contributed by atoms with Gasteiger partial charge >= 0.3 is 0 Å². The fourth-order valence-electron chi connectivity index (χ4n) is 4.13. The highest BCUT2D eigenvalue weighted by molar-refractivity contribution is 6.35. The lowest BCUT2D eigenvalue weighted by molar-refractivity contribution is -0.110. The number of methoxy groups -OCH3 is 2. The molecule has 1 aromatic carbocycles. The van der Waals surface area contributed by atoms with Crippen LogP contribution in [-0.2, 0) is 24.1 Å². The third-order valence-corrected chi connectivity index (χ3v) is 5.38. The van der Waals surface area contributed by atoms with Gasteiger partial charge in [-0.2, -0.15) is 0 Å². The molecule has 0 spiro atoms. The summed E-state index contributed by atoms with van der Waals surface area (Å²) in [6, 6.07) is 3.64. The minimum absolute atomic E-state index is 0.110. The Bertz CT molecular complexity index is 908. The third-order valence-electron chi connectivity index (χ3n) is 5.38. The number of anilines is 1. The number of carbonyl (C=O) groups excluding carboxylic acids is 1. The van der Waals surface area contributed by atoms with Gasteiger partial charge < -0.3 is 19.8 Å². The molecule has 2 N–H and O–H groups in total. The zero-order valence-corrected chi connectivity index (χ0v) is 15.5. The first-order valence-corrected chi connectivity index (χ1v) is 9.18. The maximum atomic E-state index is 12.7. The van der Waals surface area contributed by atoms with Gasteiger partial charge in [-0.05, 0) is 49.3 Å². The van der Waals surface area contributed by atoms with Gasteiger partial charge in [0.05, 0.1) is 31.0 Å². The molecule has 0 radical (unpaired) electrons. The van der Waals surface area contributed by atoms with Crippen molar-refractivity contribution in [2.75, 3.05) is 19.5 Å². The molecule has 0 fully saturated rings. The molecule has 2 aromatic rings. The lowest BCUT2D eigenvalue weighted by Gasteiger charge is -2.11. The van der Waals surface area contributed by atoms with E-state index in [0.29, 0.717) is 17.1 Å². The maximum Gasteiger partial charge on any atom is 0.256 e. The summed E-state index contributed by atoms with van der Waals surface area (Å²) in [5.74, 6) is 1.19. The van der Waals surface area contributed by atoms with Crippen molar-refractivity contribution in [1.29, 1.82) is 0 Å². The van der Waals surface area contributed by atoms with Crippen molar-refractivity contribution in [3.8, 4) is 11.5 Å². The summed E-state index contributed by atoms with van der Waals surface area (Å²) >= 11 is 0. The number of nitrogens with one attached hydrogen (secondary N) is 2. The summed E-state index contributed by atoms with van der Waals surface area (Å²) in [5, 5.41) is 2.94. The SMILES string of the molecule is CCc1c(C=C2C(=O)Nc3cc(OC)cc(OC)c32)[nH]c2c1CCCC2. The third kappa shape index (κ3) is 2.59. The monoisotopic (exact) mass is 352 g/mol. The number of H-pyrrole nitrogens is 1. The minimum Gasteiger partial charge on any atom is -0.497 e. The van der Waals surface area contributed by atoms with E-state index in [1.165, 1.54) is 29.7 Å². The van der Waals surface area contributed by atoms with Crippen LogP contribution in [0.15, 0.2) is 12.1 Å². The molecular formula is C21H24N2O3. The lowest BCUT2D eigenvalue weighted by Crippen LogP contribution is -2.04. The first kappa shape index (κ1) is 16.8. The average Bonchev–Trinajstić information content (AvgIpc) is 3.17. The number of hydrogen-bond donors (Lipinski definition) is 2. The Hall–Kier alpha value is -2.69. The van der Waals surface area contributed by atoms with E-state index in [-0.39, 0.29) is 5.91 Å². The van der Waals surface area contributed by atoms with Crippen LogP contribution in [0, 0.1) is 0 Å². The summed E-state index contributed by atoms with van der Waals surface area (Å²) in [4.78, 5) is 16.2. The molecule has 2 heterocycles. The van der Waals surface area contributed by atoms with E-state index in [9.17, 15) is 4.79 Å². The first-order chi connectivity index (χ1) is 12.7. The van der Waals surface area contributed by atoms with E-state index < -0.39 is 0 Å². The number of rotatable bonds is 4. The number of carbonyl (C=O) groups is 1. The Labute approximate surface area is 153 Å². The van der Waals surface area contributed by atoms with E-state index in [2.05, 4.69) is 17.2 Å². The summed E-state index contributed by atoms with van der Waals surface area (Å²) in [6.07, 6.45) is 7.62. The van der Waals surface area contributed by atoms with Gasteiger partial charge in [0.1, 0.15) is 11.5 Å². The van der Waals surface area contributed by atoms with Crippen molar-refractivity contribution < 1.29 is 14.3 Å². The molecule has 0 atom stereocenters. The maximum absolute atomic E-state index is 12.7. The Kier molecular flexibility index (Phi) is 4.23. The molecule has 1 aromatic heterocycles. The lowest BCUT2D eigenvalue weighted by atomic mass is 9.93. The Morgan fingerprint density at radius 3 is 2.69 bits per heavy atom. The van der Waals surface area contributed by atoms with E-state index in [1.54, 1.807) is 14.2 Å². The quantitative estimate of drug-likeness (QED) is 0.819. The zero-order chi connectivity index (χ0) is 18.3. The van der Waals surface area contributed by atoms with Gasteiger partial charge in [-0.3, -0.25) is 4.79 Å². The standard InChI is InChI=1S/C21H24N2O3/c1-4-13-14-7-5-6-8-16(14)22-17(13)11-15-20-18(23-21(15)24)9-12(25-2)10-19(20)26-3/h9-11,22H,4-8H2,1-3H3,(H,23,24). The van der Waals surface area contributed by atoms with E-state index in [0.717, 1.165) is 36.2 Å². The van der Waals surface area contributed by atoms with Crippen molar-refractivity contribution in [2.24, 2.45) is 0 Å². The van der Waals surface area contributed by atoms with Gasteiger partial charge in [0.25, 0.3) is 5.91 Å². The predicted molar refractivity (Wildman–Crippen MR) is 103 cm³/mol. The number of aromatic nitrogens is 1. The van der Waals surface area contributed by atoms with Gasteiger partial charge in [0, 0.05) is 23.5 Å². The minimum atomic E-state index is -0.110. The summed E-state index contributed by atoms with van der Waals surface area (Å²) in [5.41, 5.74) is 7.33. The van der Waals surface area contributed by atoms with Crippen LogP contribution < -0.4 is 14.8 Å². The van der Waals surface area contributed by atoms with Crippen molar-refractivity contribution in [2.45, 2.75) is 39.0 Å². The second-order valence-corrected chi connectivity index (χ2v) is 6.80. The van der Waals surface area contributed by atoms with Crippen LogP contribution in [0.4, 0.5) is 5.69 Å². The van der Waals surface area contributed by atoms with Gasteiger partial charge in [-0.25, -0.2) is 0 Å². The second kappa shape index (κ2) is 6.56. The Morgan fingerprint density at radius 1 is 1.15 bits per heavy atom. The van der Waals surface area contributed by atoms with Crippen LogP contribution in [-0.4, -0.2) is 25.1 Å². The van der Waals surface area contributed by atoms with Gasteiger partial charge in [0.2, 0.25) is 0 Å². The van der Waals surface area contributed by atoms with Crippen LogP contribution in [0.5, 0.6) is 11.5 Å². The van der Waals surface area contributed by atoms with E-state index >= 15 is 0 Å². The topological polar surface area (TPSA) is 63.4 Å². The summed E-state index contributed by atoms with van der Waals surface area (Å²) < 4.78 is 10.8. The molecule has 1 aliphatic heterocycles. The van der Waals surface area contributed by atoms with Gasteiger partial charge in [-0.15, -0.1) is 0 Å². The highest BCUT2D eigenvalue weighted by Gasteiger charge is 2.30. The molecule has 0 bridgehead atoms. The average molecular weight is 352 g/mol. The smallest absolute Gasteiger partial charge is 0.256 e. The van der Waals surface area contributed by atoms with Crippen molar-refractivity contribution in [3.63, 3.8) is 0 Å². The molecule has 1 aliphatic carbocycles. The summed E-state index contributed by atoms with van der Waals surface area (Å²) in [6.45, 7) is 2.17. The number of hydrogen-bond acceptors (Lipinski definition) is 3. The molecule has 0 saturated carbocycles. The highest BCUT2D eigenvalue weighted by Crippen LogP contribution is 2.43. The molecule has 5 nitrogen and oxygen atoms in total. The molecule has 1 amide bonds. The van der Waals surface area contributed by atoms with Crippen LogP contribution in [0.1, 0.15) is 47.8 Å². The van der Waals surface area contributed by atoms with Gasteiger partial charge in [-0.1, -0.05) is 6.92 Å². The molecule has 0 unspecified atom stereocenters. The van der Waals surface area contributed by atoms with Crippen LogP contribution >= 0.6 is 0 Å². The fourth-order valence-corrected chi connectivity index (χ4v) is 4.13. The predicted octanol–water partition coefficient (Wildman–Crippen LogP) is 3.97. The number of fused-ring (bicyclic) bond motifs is 2. The van der Waals surface area contributed by atoms with Crippen molar-refractivity contribution in [3.05, 3.63) is 40.2 Å². The number of aryl methyl sites for hydroxylation is 1. The van der Waals surface area contributed by atoms with Crippen LogP contribution in [0.3, 0.4) is 0 Å². The van der Waals surface area contributed by atoms with E-state index in [1.807, 2.05) is 18.2 Å². The fraction of sp³-hybridized carbons (Fsp3) is 0.381. The Morgan fingerprint density at radius 2 is 1.96 bits per heavy atom. The van der Waals surface area contributed by atoms with Gasteiger partial charge in [0.15, 0.2) is 0 Å². The second-order valence-electron chi connectivity index (χ2n) is 6.80. The molecule has 0 saturated heterocycles. The number of benzene rings is 1. The molecule has 26 heavy (non-hydrogen) atoms. The van der Waals surface area contributed by atoms with Crippen LogP contribution in [0.2, 0.25) is 0 Å². The molecule has 4 rings (SSSR count). The molecular weight excluding hydrogens is 328 g/mol. The number of amides is 1. The van der Waals surface area contributed by atoms with E-state index in [4.69, 9.17) is 9.47 Å². The highest BCUT2D eigenvalue weighted by atomic mass is 16.5. The summed E-state index contributed by atoms with van der Waals surface area (Å²) in [7, 11) is 3.21. The Balaban J connectivity index is 1.86. The van der Waals surface area contributed by atoms with Crippen molar-refractivity contribution >= 4 is 23.2 Å². The number of ether oxygens (including phenoxy) is 2.